The van der Waals surface area contributed by atoms with Crippen molar-refractivity contribution in [2.24, 2.45) is 23.7 Å². The van der Waals surface area contributed by atoms with Crippen LogP contribution in [-0.2, 0) is 19.1 Å². The standard InChI is InChI=1S/C30H39ClN2O5S/c1-6-9-15-38-29(37)24-23-16-19(5)30(39-23)25(24)27(35)33(22(17-34)18(4)8-3)26(30)28(36)32(14-7-2)21-12-10-20(31)11-13-21/h6-7,10-13,18-19,22-26,34H,1-2,8-9,14-17H2,3-5H3/t18-,19?,22-,23+,24-,25-,26?,30?/m0/s1. The van der Waals surface area contributed by atoms with E-state index in [4.69, 9.17) is 16.3 Å². The number of rotatable bonds is 12. The van der Waals surface area contributed by atoms with Gasteiger partial charge in [-0.05, 0) is 48.9 Å². The van der Waals surface area contributed by atoms with E-state index in [2.05, 4.69) is 20.1 Å². The summed E-state index contributed by atoms with van der Waals surface area (Å²) in [5.41, 5.74) is 0.645. The largest absolute Gasteiger partial charge is 0.465 e. The number of nitrogens with zero attached hydrogens (tertiary/aromatic N) is 2. The summed E-state index contributed by atoms with van der Waals surface area (Å²) in [5.74, 6) is -2.25. The number of benzene rings is 1. The van der Waals surface area contributed by atoms with Gasteiger partial charge in [-0.15, -0.1) is 24.9 Å². The van der Waals surface area contributed by atoms with Crippen LogP contribution in [0.4, 0.5) is 5.69 Å². The van der Waals surface area contributed by atoms with Gasteiger partial charge < -0.3 is 19.6 Å². The van der Waals surface area contributed by atoms with Gasteiger partial charge in [-0.25, -0.2) is 0 Å². The average Bonchev–Trinajstić information content (AvgIpc) is 3.52. The van der Waals surface area contributed by atoms with Gasteiger partial charge in [0.2, 0.25) is 5.91 Å². The summed E-state index contributed by atoms with van der Waals surface area (Å²) in [5, 5.41) is 11.0. The molecule has 9 heteroatoms. The molecular formula is C30H39ClN2O5S. The van der Waals surface area contributed by atoms with Crippen LogP contribution < -0.4 is 4.90 Å². The second-order valence-corrected chi connectivity index (χ2v) is 12.9. The predicted molar refractivity (Wildman–Crippen MR) is 156 cm³/mol. The van der Waals surface area contributed by atoms with Crippen LogP contribution in [0.25, 0.3) is 0 Å². The molecule has 3 heterocycles. The normalized spacial score (nSPS) is 30.5. The van der Waals surface area contributed by atoms with Gasteiger partial charge >= 0.3 is 5.97 Å². The van der Waals surface area contributed by atoms with Crippen molar-refractivity contribution in [1.29, 1.82) is 0 Å². The van der Waals surface area contributed by atoms with E-state index in [0.29, 0.717) is 23.6 Å². The van der Waals surface area contributed by atoms with Crippen molar-refractivity contribution >= 4 is 46.8 Å². The lowest BCUT2D eigenvalue weighted by Crippen LogP contribution is -2.60. The Bertz CT molecular complexity index is 1110. The van der Waals surface area contributed by atoms with E-state index in [0.717, 1.165) is 6.42 Å². The van der Waals surface area contributed by atoms with Crippen LogP contribution in [0.15, 0.2) is 49.6 Å². The Kier molecular flexibility index (Phi) is 9.19. The minimum absolute atomic E-state index is 0.00435. The number of hydrogen-bond acceptors (Lipinski definition) is 6. The number of aliphatic hydroxyl groups is 1. The molecule has 1 aromatic rings. The van der Waals surface area contributed by atoms with Gasteiger partial charge in [-0.1, -0.05) is 50.9 Å². The van der Waals surface area contributed by atoms with Crippen LogP contribution in [0.3, 0.4) is 0 Å². The molecule has 7 nitrogen and oxygen atoms in total. The summed E-state index contributed by atoms with van der Waals surface area (Å²) >= 11 is 7.73. The Balaban J connectivity index is 1.83. The highest BCUT2D eigenvalue weighted by Crippen LogP contribution is 2.69. The predicted octanol–water partition coefficient (Wildman–Crippen LogP) is 4.72. The Morgan fingerprint density at radius 1 is 1.31 bits per heavy atom. The monoisotopic (exact) mass is 574 g/mol. The SMILES string of the molecule is C=CCCOC(=O)[C@@H]1[C@H]2C(=O)N([C@@H](CO)[C@@H](C)CC)C(C(=O)N(CC=C)c3ccc(Cl)cc3)C23S[C@@H]1CC3C. The summed E-state index contributed by atoms with van der Waals surface area (Å²) in [4.78, 5) is 45.8. The van der Waals surface area contributed by atoms with Gasteiger partial charge in [0.05, 0.1) is 35.8 Å². The fourth-order valence-electron chi connectivity index (χ4n) is 6.74. The molecule has 1 aromatic carbocycles. The van der Waals surface area contributed by atoms with Crippen LogP contribution in [0.2, 0.25) is 5.02 Å². The second kappa shape index (κ2) is 12.1. The van der Waals surface area contributed by atoms with E-state index < -0.39 is 28.7 Å². The number of amides is 2. The number of ether oxygens (including phenoxy) is 1. The van der Waals surface area contributed by atoms with Gasteiger partial charge in [0.15, 0.2) is 0 Å². The van der Waals surface area contributed by atoms with Crippen molar-refractivity contribution in [3.05, 3.63) is 54.6 Å². The number of fused-ring (bicyclic) bond motifs is 1. The molecule has 3 unspecified atom stereocenters. The first-order chi connectivity index (χ1) is 18.7. The number of aliphatic hydroxyl groups excluding tert-OH is 1. The zero-order valence-corrected chi connectivity index (χ0v) is 24.5. The van der Waals surface area contributed by atoms with Crippen molar-refractivity contribution < 1.29 is 24.2 Å². The summed E-state index contributed by atoms with van der Waals surface area (Å²) < 4.78 is 4.78. The maximum Gasteiger partial charge on any atom is 0.310 e. The summed E-state index contributed by atoms with van der Waals surface area (Å²) in [6.45, 7) is 13.8. The summed E-state index contributed by atoms with van der Waals surface area (Å²) in [7, 11) is 0. The van der Waals surface area contributed by atoms with Crippen LogP contribution in [0.1, 0.15) is 40.0 Å². The first-order valence-corrected chi connectivity index (χ1v) is 15.0. The van der Waals surface area contributed by atoms with Crippen molar-refractivity contribution in [3.63, 3.8) is 0 Å². The first-order valence-electron chi connectivity index (χ1n) is 13.7. The van der Waals surface area contributed by atoms with Crippen molar-refractivity contribution in [1.82, 2.24) is 4.90 Å². The van der Waals surface area contributed by atoms with E-state index in [1.807, 2.05) is 13.8 Å². The first kappa shape index (κ1) is 29.7. The lowest BCUT2D eigenvalue weighted by molar-refractivity contribution is -0.155. The Morgan fingerprint density at radius 3 is 2.59 bits per heavy atom. The van der Waals surface area contributed by atoms with Gasteiger partial charge in [-0.2, -0.15) is 0 Å². The molecule has 1 N–H and O–H groups in total. The van der Waals surface area contributed by atoms with E-state index >= 15 is 0 Å². The van der Waals surface area contributed by atoms with Gasteiger partial charge in [0, 0.05) is 22.5 Å². The highest BCUT2D eigenvalue weighted by molar-refractivity contribution is 8.02. The van der Waals surface area contributed by atoms with Crippen LogP contribution >= 0.6 is 23.4 Å². The zero-order valence-electron chi connectivity index (χ0n) is 22.9. The van der Waals surface area contributed by atoms with E-state index in [1.54, 1.807) is 58.0 Å². The molecule has 8 atom stereocenters. The fraction of sp³-hybridized carbons (Fsp3) is 0.567. The Hall–Kier alpha value is -2.29. The molecule has 1 spiro atoms. The smallest absolute Gasteiger partial charge is 0.310 e. The molecule has 3 fully saturated rings. The molecule has 2 amide bonds. The highest BCUT2D eigenvalue weighted by atomic mass is 35.5. The quantitative estimate of drug-likeness (QED) is 0.221. The van der Waals surface area contributed by atoms with E-state index in [9.17, 15) is 19.5 Å². The number of anilines is 1. The number of hydrogen-bond donors (Lipinski definition) is 1. The van der Waals surface area contributed by atoms with Crippen LogP contribution in [-0.4, -0.2) is 69.6 Å². The Morgan fingerprint density at radius 2 is 2.00 bits per heavy atom. The molecule has 3 aliphatic rings. The van der Waals surface area contributed by atoms with Crippen molar-refractivity contribution in [2.45, 2.75) is 62.1 Å². The third-order valence-corrected chi connectivity index (χ3v) is 11.1. The third kappa shape index (κ3) is 4.93. The topological polar surface area (TPSA) is 87.1 Å². The number of likely N-dealkylation sites (tertiary alicyclic amines) is 1. The van der Waals surface area contributed by atoms with Crippen molar-refractivity contribution in [3.8, 4) is 0 Å². The number of halogens is 1. The van der Waals surface area contributed by atoms with E-state index in [1.165, 1.54) is 0 Å². The molecule has 39 heavy (non-hydrogen) atoms. The molecule has 0 aromatic heterocycles. The van der Waals surface area contributed by atoms with Gasteiger partial charge in [-0.3, -0.25) is 14.4 Å². The van der Waals surface area contributed by atoms with Crippen molar-refractivity contribution in [2.75, 3.05) is 24.7 Å². The number of esters is 1. The number of carbonyl (C=O) groups excluding carboxylic acids is 3. The minimum atomic E-state index is -0.854. The molecule has 2 bridgehead atoms. The minimum Gasteiger partial charge on any atom is -0.465 e. The second-order valence-electron chi connectivity index (χ2n) is 10.9. The van der Waals surface area contributed by atoms with Gasteiger partial charge in [0.1, 0.15) is 6.04 Å². The third-order valence-electron chi connectivity index (χ3n) is 8.82. The number of carbonyl (C=O) groups is 3. The summed E-state index contributed by atoms with van der Waals surface area (Å²) in [6, 6.07) is 5.59. The lowest BCUT2D eigenvalue weighted by atomic mass is 9.66. The zero-order chi connectivity index (χ0) is 28.5. The average molecular weight is 575 g/mol. The lowest BCUT2D eigenvalue weighted by Gasteiger charge is -2.43. The highest BCUT2D eigenvalue weighted by Gasteiger charge is 2.77. The molecule has 212 valence electrons. The molecule has 3 saturated heterocycles. The number of thioether (sulfide) groups is 1. The molecule has 0 aliphatic carbocycles. The van der Waals surface area contributed by atoms with Gasteiger partial charge in [0.25, 0.3) is 5.91 Å². The molecule has 0 saturated carbocycles. The molecular weight excluding hydrogens is 536 g/mol. The molecule has 0 radical (unpaired) electrons. The Labute approximate surface area is 240 Å². The van der Waals surface area contributed by atoms with Crippen LogP contribution in [0.5, 0.6) is 0 Å². The van der Waals surface area contributed by atoms with Crippen LogP contribution in [0, 0.1) is 23.7 Å². The maximum atomic E-state index is 14.7. The van der Waals surface area contributed by atoms with E-state index in [-0.39, 0.29) is 54.6 Å². The summed E-state index contributed by atoms with van der Waals surface area (Å²) in [6.07, 6.45) is 5.31. The maximum absolute atomic E-state index is 14.7. The molecule has 4 rings (SSSR count). The fourth-order valence-corrected chi connectivity index (χ4v) is 9.25. The molecule has 3 aliphatic heterocycles.